The van der Waals surface area contributed by atoms with Crippen LogP contribution in [-0.2, 0) is 0 Å². The van der Waals surface area contributed by atoms with Crippen LogP contribution in [0.3, 0.4) is 0 Å². The van der Waals surface area contributed by atoms with Gasteiger partial charge in [-0.05, 0) is 0 Å². The molecule has 0 amide bonds. The summed E-state index contributed by atoms with van der Waals surface area (Å²) in [7, 11) is -26.0. The smallest absolute Gasteiger partial charge is 1.00 e. The number of hydrogen-bond acceptors (Lipinski definition) is 36. The SMILES string of the molecule is OB(O)O.OB(O)O.OB(O)O.OB(O)O.OB(O)O.OB(O)O.OB(O)O.OB(O)O.OB(O)O.OB(O)O.OB(O)O.OB(O)O.S.[H-].[Na+]. The molecule has 0 aromatic heterocycles. The molecule has 0 saturated heterocycles. The van der Waals surface area contributed by atoms with Crippen LogP contribution in [0.4, 0.5) is 0 Å². The molecule has 298 valence electrons. The van der Waals surface area contributed by atoms with Crippen LogP contribution in [0.25, 0.3) is 0 Å². The van der Waals surface area contributed by atoms with Gasteiger partial charge < -0.3 is 182 Å². The van der Waals surface area contributed by atoms with Crippen LogP contribution in [0.5, 0.6) is 0 Å². The minimum absolute atomic E-state index is 0. The van der Waals surface area contributed by atoms with Crippen molar-refractivity contribution in [1.82, 2.24) is 0 Å². The van der Waals surface area contributed by atoms with Gasteiger partial charge in [-0.25, -0.2) is 0 Å². The standard InChI is InChI=1S/12BH3O3.Na.H2S.H/c12*2-1(3)4;;;/h12*2-4H;;1H2;/q;;;;;;;;;;;;+1;;-1. The van der Waals surface area contributed by atoms with Crippen LogP contribution in [0.1, 0.15) is 1.43 Å². The summed E-state index contributed by atoms with van der Waals surface area (Å²) in [6, 6.07) is 0. The Kier molecular flexibility index (Phi) is 163. The maximum Gasteiger partial charge on any atom is 1.00 e. The summed E-state index contributed by atoms with van der Waals surface area (Å²) < 4.78 is 0. The van der Waals surface area contributed by atoms with Crippen molar-refractivity contribution in [3.63, 3.8) is 0 Å². The Hall–Kier alpha value is 0.689. The molecular weight excluding hydrogens is 761 g/mol. The van der Waals surface area contributed by atoms with Crippen molar-refractivity contribution in [2.75, 3.05) is 0 Å². The summed E-state index contributed by atoms with van der Waals surface area (Å²) in [4.78, 5) is 0. The largest absolute Gasteiger partial charge is 1.00 e. The normalized spacial score (nSPS) is 6.48. The predicted molar refractivity (Wildman–Crippen MR) is 160 cm³/mol. The molecule has 50 heavy (non-hydrogen) atoms. The van der Waals surface area contributed by atoms with E-state index in [1.54, 1.807) is 0 Å². The van der Waals surface area contributed by atoms with Crippen molar-refractivity contribution in [3.8, 4) is 0 Å². The fraction of sp³-hybridized carbons (Fsp3) is 0. The quantitative estimate of drug-likeness (QED) is 0.101. The van der Waals surface area contributed by atoms with Crippen LogP contribution < -0.4 is 29.6 Å². The summed E-state index contributed by atoms with van der Waals surface area (Å²) in [6.45, 7) is 0. The minimum Gasteiger partial charge on any atom is -1.00 e. The Labute approximate surface area is 312 Å². The van der Waals surface area contributed by atoms with E-state index >= 15 is 0 Å². The van der Waals surface area contributed by atoms with Crippen LogP contribution in [-0.4, -0.2) is 269 Å². The van der Waals surface area contributed by atoms with E-state index in [9.17, 15) is 0 Å². The monoisotopic (exact) mass is 802 g/mol. The Morgan fingerprint density at radius 3 is 0.140 bits per heavy atom. The molecule has 0 heterocycles. The molecule has 36 N–H and O–H groups in total. The van der Waals surface area contributed by atoms with Gasteiger partial charge in [-0.2, -0.15) is 13.5 Å². The Morgan fingerprint density at radius 1 is 0.140 bits per heavy atom. The van der Waals surface area contributed by atoms with Gasteiger partial charge in [0.25, 0.3) is 0 Å². The summed E-state index contributed by atoms with van der Waals surface area (Å²) in [5.74, 6) is 0. The molecule has 0 fully saturated rings. The van der Waals surface area contributed by atoms with Crippen LogP contribution in [0.2, 0.25) is 0 Å². The van der Waals surface area contributed by atoms with E-state index in [4.69, 9.17) is 181 Å². The zero-order valence-electron chi connectivity index (χ0n) is 25.5. The molecule has 0 unspecified atom stereocenters. The second-order valence-corrected chi connectivity index (χ2v) is 4.16. The first-order valence-electron chi connectivity index (χ1n) is 9.30. The molecule has 0 aromatic rings. The first-order chi connectivity index (χ1) is 20.8. The average molecular weight is 800 g/mol. The fourth-order valence-corrected chi connectivity index (χ4v) is 0. The van der Waals surface area contributed by atoms with Crippen molar-refractivity contribution < 1.29 is 212 Å². The maximum atomic E-state index is 7.17. The predicted octanol–water partition coefficient (Wildman–Crippen LogP) is -27.4. The molecule has 0 aromatic carbocycles. The second-order valence-electron chi connectivity index (χ2n) is 4.16. The first-order valence-corrected chi connectivity index (χ1v) is 9.30. The van der Waals surface area contributed by atoms with Gasteiger partial charge in [0.1, 0.15) is 0 Å². The molecule has 0 atom stereocenters. The molecule has 0 radical (unpaired) electrons. The van der Waals surface area contributed by atoms with E-state index in [1.165, 1.54) is 0 Å². The number of rotatable bonds is 0. The van der Waals surface area contributed by atoms with Crippen LogP contribution in [0.15, 0.2) is 0 Å². The zero-order valence-corrected chi connectivity index (χ0v) is 27.5. The molecule has 50 heteroatoms. The summed E-state index contributed by atoms with van der Waals surface area (Å²) >= 11 is 0. The van der Waals surface area contributed by atoms with Crippen molar-refractivity contribution in [2.24, 2.45) is 0 Å². The van der Waals surface area contributed by atoms with Crippen LogP contribution in [0, 0.1) is 0 Å². The first kappa shape index (κ1) is 93.0. The van der Waals surface area contributed by atoms with Gasteiger partial charge in [0.05, 0.1) is 0 Å². The van der Waals surface area contributed by atoms with Crippen molar-refractivity contribution in [1.29, 1.82) is 0 Å². The molecule has 0 bridgehead atoms. The Balaban J connectivity index is -0.0000000212. The average Bonchev–Trinajstić information content (AvgIpc) is 2.61. The van der Waals surface area contributed by atoms with Gasteiger partial charge in [0.15, 0.2) is 0 Å². The third-order valence-corrected chi connectivity index (χ3v) is 0. The van der Waals surface area contributed by atoms with Gasteiger partial charge in [0.2, 0.25) is 0 Å². The van der Waals surface area contributed by atoms with Crippen molar-refractivity contribution in [2.45, 2.75) is 0 Å². The summed E-state index contributed by atoms with van der Waals surface area (Å²) in [5.41, 5.74) is 0. The van der Waals surface area contributed by atoms with E-state index in [0.29, 0.717) is 0 Å². The fourth-order valence-electron chi connectivity index (χ4n) is 0. The molecule has 36 nitrogen and oxygen atoms in total. The van der Waals surface area contributed by atoms with E-state index in [0.717, 1.165) is 0 Å². The summed E-state index contributed by atoms with van der Waals surface area (Å²) in [6.07, 6.45) is 0. The van der Waals surface area contributed by atoms with Gasteiger partial charge in [0, 0.05) is 0 Å². The topological polar surface area (TPSA) is 728 Å². The molecule has 0 spiro atoms. The zero-order chi connectivity index (χ0) is 42.9. The van der Waals surface area contributed by atoms with E-state index in [2.05, 4.69) is 0 Å². The van der Waals surface area contributed by atoms with Crippen LogP contribution >= 0.6 is 13.5 Å². The van der Waals surface area contributed by atoms with Gasteiger partial charge >= 0.3 is 117 Å². The second kappa shape index (κ2) is 87.5. The van der Waals surface area contributed by atoms with E-state index < -0.39 is 87.9 Å². The number of hydrogen-bond donors (Lipinski definition) is 36. The summed E-state index contributed by atoms with van der Waals surface area (Å²) in [5, 5.41) is 258. The molecule has 0 saturated carbocycles. The third kappa shape index (κ3) is 233000. The van der Waals surface area contributed by atoms with Crippen molar-refractivity contribution in [3.05, 3.63) is 0 Å². The van der Waals surface area contributed by atoms with E-state index in [1.807, 2.05) is 0 Å². The minimum atomic E-state index is -2.17. The Morgan fingerprint density at radius 2 is 0.140 bits per heavy atom. The maximum absolute atomic E-state index is 7.17. The molecular formula is H39B12NaO36S. The van der Waals surface area contributed by atoms with Crippen molar-refractivity contribution >= 4 is 101 Å². The van der Waals surface area contributed by atoms with E-state index in [-0.39, 0.29) is 44.5 Å². The van der Waals surface area contributed by atoms with Gasteiger partial charge in [-0.15, -0.1) is 0 Å². The molecule has 0 rings (SSSR count). The third-order valence-electron chi connectivity index (χ3n) is 0. The molecule has 0 aliphatic carbocycles. The Bertz CT molecular complexity index is 246. The molecule has 0 aliphatic heterocycles. The van der Waals surface area contributed by atoms with Gasteiger partial charge in [-0.1, -0.05) is 0 Å². The molecule has 0 aliphatic rings. The van der Waals surface area contributed by atoms with Gasteiger partial charge in [-0.3, -0.25) is 0 Å².